The third kappa shape index (κ3) is 1.99. The number of benzene rings is 4. The Kier molecular flexibility index (Phi) is 3.05. The third-order valence-corrected chi connectivity index (χ3v) is 5.17. The van der Waals surface area contributed by atoms with Crippen LogP contribution < -0.4 is 21.7 Å². The second-order valence-corrected chi connectivity index (χ2v) is 6.89. The molecule has 6 rings (SSSR count). The molecule has 0 aliphatic rings. The van der Waals surface area contributed by atoms with Crippen molar-refractivity contribution in [2.45, 2.75) is 0 Å². The highest BCUT2D eigenvalue weighted by atomic mass is 16.1. The zero-order valence-corrected chi connectivity index (χ0v) is 15.0. The van der Waals surface area contributed by atoms with Gasteiger partial charge in [0.15, 0.2) is 0 Å². The van der Waals surface area contributed by atoms with E-state index in [2.05, 4.69) is 19.9 Å². The van der Waals surface area contributed by atoms with Crippen molar-refractivity contribution in [1.82, 2.24) is 19.9 Å². The van der Waals surface area contributed by atoms with Crippen LogP contribution in [0.1, 0.15) is 0 Å². The predicted molar refractivity (Wildman–Crippen MR) is 113 cm³/mol. The molecular formula is C22H8N4O4. The SMILES string of the molecule is O=c1c2ccccc2c(=O)c2nc3c(=O)c4nc5ccccc5nc4c(=O)c3nc12. The Morgan fingerprint density at radius 2 is 0.733 bits per heavy atom. The summed E-state index contributed by atoms with van der Waals surface area (Å²) < 4.78 is 0. The van der Waals surface area contributed by atoms with Crippen LogP contribution in [0.15, 0.2) is 67.7 Å². The fourth-order valence-electron chi connectivity index (χ4n) is 3.74. The number of hydrogen-bond acceptors (Lipinski definition) is 8. The maximum atomic E-state index is 13.1. The zero-order valence-electron chi connectivity index (χ0n) is 15.0. The Hall–Kier alpha value is -4.46. The van der Waals surface area contributed by atoms with Gasteiger partial charge in [-0.1, -0.05) is 36.4 Å². The van der Waals surface area contributed by atoms with Gasteiger partial charge in [0, 0.05) is 10.8 Å². The lowest BCUT2D eigenvalue weighted by atomic mass is 10.1. The van der Waals surface area contributed by atoms with E-state index in [-0.39, 0.29) is 43.9 Å². The van der Waals surface area contributed by atoms with Crippen LogP contribution in [-0.2, 0) is 0 Å². The van der Waals surface area contributed by atoms with Gasteiger partial charge in [0.05, 0.1) is 11.0 Å². The Bertz CT molecular complexity index is 1800. The lowest BCUT2D eigenvalue weighted by Gasteiger charge is -2.04. The first-order valence-electron chi connectivity index (χ1n) is 9.01. The smallest absolute Gasteiger partial charge is 0.234 e. The molecule has 0 aliphatic heterocycles. The summed E-state index contributed by atoms with van der Waals surface area (Å²) >= 11 is 0. The molecule has 140 valence electrons. The number of rotatable bonds is 0. The molecule has 0 fully saturated rings. The van der Waals surface area contributed by atoms with E-state index in [0.717, 1.165) is 0 Å². The molecular weight excluding hydrogens is 384 g/mol. The summed E-state index contributed by atoms with van der Waals surface area (Å²) in [6.07, 6.45) is 0. The van der Waals surface area contributed by atoms with E-state index in [1.54, 1.807) is 36.4 Å². The molecule has 8 heteroatoms. The van der Waals surface area contributed by atoms with Gasteiger partial charge in [-0.3, -0.25) is 19.2 Å². The van der Waals surface area contributed by atoms with Crippen LogP contribution in [0.3, 0.4) is 0 Å². The first-order valence-corrected chi connectivity index (χ1v) is 9.01. The molecule has 0 N–H and O–H groups in total. The van der Waals surface area contributed by atoms with Crippen molar-refractivity contribution < 1.29 is 0 Å². The van der Waals surface area contributed by atoms with Crippen LogP contribution >= 0.6 is 0 Å². The average Bonchev–Trinajstić information content (AvgIpc) is 2.79. The highest BCUT2D eigenvalue weighted by Gasteiger charge is 2.20. The first-order chi connectivity index (χ1) is 14.5. The van der Waals surface area contributed by atoms with Crippen molar-refractivity contribution in [3.05, 3.63) is 89.4 Å². The number of fused-ring (bicyclic) bond motifs is 5. The van der Waals surface area contributed by atoms with E-state index in [1.807, 2.05) is 0 Å². The highest BCUT2D eigenvalue weighted by molar-refractivity contribution is 6.00. The van der Waals surface area contributed by atoms with Crippen LogP contribution in [0.2, 0.25) is 0 Å². The van der Waals surface area contributed by atoms with Crippen molar-refractivity contribution in [2.75, 3.05) is 0 Å². The Morgan fingerprint density at radius 3 is 1.17 bits per heavy atom. The molecule has 30 heavy (non-hydrogen) atoms. The molecule has 4 aromatic carbocycles. The maximum Gasteiger partial charge on any atom is 0.234 e. The van der Waals surface area contributed by atoms with Crippen LogP contribution in [0.4, 0.5) is 0 Å². The first kappa shape index (κ1) is 16.5. The Morgan fingerprint density at radius 1 is 0.400 bits per heavy atom. The van der Waals surface area contributed by atoms with E-state index >= 15 is 0 Å². The van der Waals surface area contributed by atoms with Gasteiger partial charge in [-0.15, -0.1) is 0 Å². The molecule has 0 unspecified atom stereocenters. The Balaban J connectivity index is 1.91. The summed E-state index contributed by atoms with van der Waals surface area (Å²) in [5.74, 6) is 0. The summed E-state index contributed by atoms with van der Waals surface area (Å²) in [4.78, 5) is 68.7. The Labute approximate surface area is 164 Å². The lowest BCUT2D eigenvalue weighted by Crippen LogP contribution is -2.22. The van der Waals surface area contributed by atoms with Gasteiger partial charge in [0.25, 0.3) is 0 Å². The standard InChI is InChI=1S/C22H8N4O4/c27-19-9-5-1-2-6-10(9)20(28)14-13(19)25-17-18(26-14)22(30)16-15(21(17)29)23-11-7-3-4-8-12(11)24-16/h1-8H. The van der Waals surface area contributed by atoms with Crippen molar-refractivity contribution in [1.29, 1.82) is 0 Å². The molecule has 6 aromatic rings. The normalized spacial score (nSPS) is 11.9. The van der Waals surface area contributed by atoms with E-state index in [4.69, 9.17) is 0 Å². The molecule has 2 aromatic heterocycles. The van der Waals surface area contributed by atoms with Gasteiger partial charge >= 0.3 is 0 Å². The average molecular weight is 392 g/mol. The second kappa shape index (κ2) is 5.54. The molecule has 0 radical (unpaired) electrons. The van der Waals surface area contributed by atoms with Crippen molar-refractivity contribution >= 4 is 54.9 Å². The number of aromatic nitrogens is 4. The molecule has 0 amide bonds. The molecule has 0 aliphatic carbocycles. The minimum Gasteiger partial charge on any atom is -0.287 e. The minimum atomic E-state index is -0.660. The summed E-state index contributed by atoms with van der Waals surface area (Å²) in [5, 5.41) is 0.370. The van der Waals surface area contributed by atoms with Gasteiger partial charge in [-0.2, -0.15) is 0 Å². The van der Waals surface area contributed by atoms with Crippen molar-refractivity contribution in [3.8, 4) is 0 Å². The fourth-order valence-corrected chi connectivity index (χ4v) is 3.74. The number of para-hydroxylation sites is 2. The summed E-state index contributed by atoms with van der Waals surface area (Å²) in [5.41, 5.74) is -2.82. The topological polar surface area (TPSA) is 120 Å². The molecule has 0 spiro atoms. The zero-order chi connectivity index (χ0) is 20.6. The molecule has 2 heterocycles. The molecule has 0 saturated heterocycles. The van der Waals surface area contributed by atoms with Gasteiger partial charge in [0.1, 0.15) is 33.1 Å². The quantitative estimate of drug-likeness (QED) is 0.355. The molecule has 0 saturated carbocycles. The van der Waals surface area contributed by atoms with Crippen LogP contribution in [-0.4, -0.2) is 19.9 Å². The van der Waals surface area contributed by atoms with Gasteiger partial charge in [-0.25, -0.2) is 19.9 Å². The molecule has 8 nitrogen and oxygen atoms in total. The van der Waals surface area contributed by atoms with Crippen molar-refractivity contribution in [2.24, 2.45) is 0 Å². The monoisotopic (exact) mass is 392 g/mol. The van der Waals surface area contributed by atoms with Crippen LogP contribution in [0.25, 0.3) is 54.9 Å². The predicted octanol–water partition coefficient (Wildman–Crippen LogP) is 1.35. The third-order valence-electron chi connectivity index (χ3n) is 5.17. The van der Waals surface area contributed by atoms with E-state index in [0.29, 0.717) is 11.0 Å². The number of nitrogens with zero attached hydrogens (tertiary/aromatic N) is 4. The van der Waals surface area contributed by atoms with E-state index < -0.39 is 21.7 Å². The van der Waals surface area contributed by atoms with E-state index in [9.17, 15) is 19.2 Å². The van der Waals surface area contributed by atoms with Gasteiger partial charge in [-0.05, 0) is 12.1 Å². The maximum absolute atomic E-state index is 13.1. The minimum absolute atomic E-state index is 0.143. The lowest BCUT2D eigenvalue weighted by molar-refractivity contribution is 1.32. The fraction of sp³-hybridized carbons (Fsp3) is 0. The largest absolute Gasteiger partial charge is 0.287 e. The van der Waals surface area contributed by atoms with E-state index in [1.165, 1.54) is 12.1 Å². The summed E-state index contributed by atoms with van der Waals surface area (Å²) in [7, 11) is 0. The van der Waals surface area contributed by atoms with Crippen LogP contribution in [0, 0.1) is 0 Å². The molecule has 0 bridgehead atoms. The van der Waals surface area contributed by atoms with Gasteiger partial charge in [0.2, 0.25) is 21.7 Å². The highest BCUT2D eigenvalue weighted by Crippen LogP contribution is 2.16. The second-order valence-electron chi connectivity index (χ2n) is 6.89. The van der Waals surface area contributed by atoms with Crippen molar-refractivity contribution in [3.63, 3.8) is 0 Å². The number of hydrogen-bond donors (Lipinski definition) is 0. The summed E-state index contributed by atoms with van der Waals surface area (Å²) in [6.45, 7) is 0. The van der Waals surface area contributed by atoms with Gasteiger partial charge < -0.3 is 0 Å². The summed E-state index contributed by atoms with van der Waals surface area (Å²) in [6, 6.07) is 13.1. The molecule has 0 atom stereocenters. The van der Waals surface area contributed by atoms with Crippen LogP contribution in [0.5, 0.6) is 0 Å².